The maximum Gasteiger partial charge on any atom is 0.119 e. The molecule has 1 heterocycles. The molecular weight excluding hydrogens is 308 g/mol. The Labute approximate surface area is 142 Å². The van der Waals surface area contributed by atoms with Crippen molar-refractivity contribution in [1.82, 2.24) is 9.55 Å². The molecule has 0 aliphatic heterocycles. The minimum atomic E-state index is 0. The van der Waals surface area contributed by atoms with Crippen molar-refractivity contribution >= 4 is 23.4 Å². The first-order chi connectivity index (χ1) is 10.9. The summed E-state index contributed by atoms with van der Waals surface area (Å²) < 4.78 is 8.19. The van der Waals surface area contributed by atoms with E-state index < -0.39 is 0 Å². The number of halogens is 1. The second-order valence-electron chi connectivity index (χ2n) is 5.90. The van der Waals surface area contributed by atoms with E-state index in [0.29, 0.717) is 5.92 Å². The average molecular weight is 329 g/mol. The van der Waals surface area contributed by atoms with Gasteiger partial charge in [0.25, 0.3) is 0 Å². The largest absolute Gasteiger partial charge is 0.494 e. The Morgan fingerprint density at radius 1 is 1.00 bits per heavy atom. The van der Waals surface area contributed by atoms with Gasteiger partial charge in [-0.2, -0.15) is 0 Å². The lowest BCUT2D eigenvalue weighted by molar-refractivity contribution is 0.302. The van der Waals surface area contributed by atoms with E-state index in [2.05, 4.69) is 28.8 Å². The highest BCUT2D eigenvalue weighted by atomic mass is 35.5. The molecule has 0 N–H and O–H groups in total. The monoisotopic (exact) mass is 328 g/mol. The highest BCUT2D eigenvalue weighted by Crippen LogP contribution is 2.40. The van der Waals surface area contributed by atoms with Crippen molar-refractivity contribution in [1.29, 1.82) is 0 Å². The number of para-hydroxylation sites is 3. The van der Waals surface area contributed by atoms with E-state index in [-0.39, 0.29) is 12.4 Å². The van der Waals surface area contributed by atoms with E-state index in [0.717, 1.165) is 30.8 Å². The number of benzene rings is 2. The van der Waals surface area contributed by atoms with Gasteiger partial charge in [-0.3, -0.25) is 0 Å². The first-order valence-electron chi connectivity index (χ1n) is 8.05. The molecule has 1 aliphatic rings. The fourth-order valence-corrected chi connectivity index (χ4v) is 2.91. The number of hydrogen-bond acceptors (Lipinski definition) is 2. The Kier molecular flexibility index (Phi) is 4.87. The van der Waals surface area contributed by atoms with Crippen LogP contribution in [0.4, 0.5) is 0 Å². The standard InChI is InChI=1S/C19H20N2O.ClH/c1-2-7-16(8-3-1)22-14-6-13-21-18-10-5-4-9-17(18)20-19(21)15-11-12-15;/h1-5,7-10,15H,6,11-14H2;1H. The van der Waals surface area contributed by atoms with Gasteiger partial charge in [0.05, 0.1) is 17.6 Å². The zero-order valence-electron chi connectivity index (χ0n) is 13.0. The molecule has 0 saturated heterocycles. The molecule has 0 radical (unpaired) electrons. The summed E-state index contributed by atoms with van der Waals surface area (Å²) in [4.78, 5) is 4.83. The predicted molar refractivity (Wildman–Crippen MR) is 95.5 cm³/mol. The van der Waals surface area contributed by atoms with E-state index in [4.69, 9.17) is 9.72 Å². The summed E-state index contributed by atoms with van der Waals surface area (Å²) in [5.41, 5.74) is 2.37. The Bertz CT molecular complexity index is 765. The van der Waals surface area contributed by atoms with Crippen LogP contribution in [0, 0.1) is 0 Å². The Morgan fingerprint density at radius 3 is 2.52 bits per heavy atom. The SMILES string of the molecule is Cl.c1ccc(OCCCn2c(C3CC3)nc3ccccc32)cc1. The lowest BCUT2D eigenvalue weighted by Crippen LogP contribution is -2.07. The van der Waals surface area contributed by atoms with Crippen LogP contribution in [0.15, 0.2) is 54.6 Å². The maximum atomic E-state index is 5.80. The third kappa shape index (κ3) is 3.50. The Balaban J connectivity index is 0.00000156. The van der Waals surface area contributed by atoms with Gasteiger partial charge in [-0.25, -0.2) is 4.98 Å². The molecule has 23 heavy (non-hydrogen) atoms. The van der Waals surface area contributed by atoms with Gasteiger partial charge in [0.15, 0.2) is 0 Å². The van der Waals surface area contributed by atoms with Crippen molar-refractivity contribution in [3.8, 4) is 5.75 Å². The summed E-state index contributed by atoms with van der Waals surface area (Å²) in [5.74, 6) is 2.88. The van der Waals surface area contributed by atoms with E-state index in [1.165, 1.54) is 24.2 Å². The van der Waals surface area contributed by atoms with E-state index >= 15 is 0 Å². The third-order valence-corrected chi connectivity index (χ3v) is 4.16. The molecule has 1 aromatic heterocycles. The average Bonchev–Trinajstić information content (AvgIpc) is 3.35. The molecule has 120 valence electrons. The summed E-state index contributed by atoms with van der Waals surface area (Å²) in [7, 11) is 0. The third-order valence-electron chi connectivity index (χ3n) is 4.16. The summed E-state index contributed by atoms with van der Waals surface area (Å²) in [5, 5.41) is 0. The fourth-order valence-electron chi connectivity index (χ4n) is 2.91. The van der Waals surface area contributed by atoms with Crippen LogP contribution in [0.3, 0.4) is 0 Å². The van der Waals surface area contributed by atoms with Crippen LogP contribution in [-0.2, 0) is 6.54 Å². The van der Waals surface area contributed by atoms with Gasteiger partial charge in [-0.05, 0) is 43.5 Å². The predicted octanol–water partition coefficient (Wildman–Crippen LogP) is 4.80. The molecule has 1 saturated carbocycles. The molecule has 1 fully saturated rings. The summed E-state index contributed by atoms with van der Waals surface area (Å²) in [6.45, 7) is 1.71. The van der Waals surface area contributed by atoms with Gasteiger partial charge in [0.1, 0.15) is 11.6 Å². The number of rotatable bonds is 6. The lowest BCUT2D eigenvalue weighted by atomic mass is 10.3. The molecule has 0 unspecified atom stereocenters. The molecule has 1 aliphatic carbocycles. The highest BCUT2D eigenvalue weighted by Gasteiger charge is 2.29. The zero-order chi connectivity index (χ0) is 14.8. The molecule has 0 bridgehead atoms. The second kappa shape index (κ2) is 7.05. The number of aromatic nitrogens is 2. The molecule has 0 spiro atoms. The van der Waals surface area contributed by atoms with Crippen LogP contribution in [0.25, 0.3) is 11.0 Å². The van der Waals surface area contributed by atoms with Gasteiger partial charge in [-0.15, -0.1) is 12.4 Å². The van der Waals surface area contributed by atoms with Crippen molar-refractivity contribution in [2.24, 2.45) is 0 Å². The number of imidazole rings is 1. The number of nitrogens with zero attached hydrogens (tertiary/aromatic N) is 2. The molecule has 0 amide bonds. The number of ether oxygens (including phenoxy) is 1. The van der Waals surface area contributed by atoms with Crippen molar-refractivity contribution in [3.05, 3.63) is 60.4 Å². The van der Waals surface area contributed by atoms with Crippen LogP contribution in [-0.4, -0.2) is 16.2 Å². The molecule has 4 heteroatoms. The fraction of sp³-hybridized carbons (Fsp3) is 0.316. The van der Waals surface area contributed by atoms with Crippen molar-refractivity contribution < 1.29 is 4.74 Å². The number of fused-ring (bicyclic) bond motifs is 1. The molecule has 2 aromatic carbocycles. The molecule has 3 nitrogen and oxygen atoms in total. The Morgan fingerprint density at radius 2 is 1.74 bits per heavy atom. The zero-order valence-corrected chi connectivity index (χ0v) is 13.8. The molecular formula is C19H21ClN2O. The van der Waals surface area contributed by atoms with Crippen LogP contribution in [0.1, 0.15) is 31.0 Å². The Hall–Kier alpha value is -2.00. The normalized spacial score (nSPS) is 13.7. The van der Waals surface area contributed by atoms with Gasteiger partial charge in [0, 0.05) is 12.5 Å². The summed E-state index contributed by atoms with van der Waals surface area (Å²) in [6, 6.07) is 18.5. The topological polar surface area (TPSA) is 27.1 Å². The first-order valence-corrected chi connectivity index (χ1v) is 8.05. The quantitative estimate of drug-likeness (QED) is 0.607. The molecule has 4 rings (SSSR count). The lowest BCUT2D eigenvalue weighted by Gasteiger charge is -2.10. The summed E-state index contributed by atoms with van der Waals surface area (Å²) in [6.07, 6.45) is 3.56. The van der Waals surface area contributed by atoms with Gasteiger partial charge >= 0.3 is 0 Å². The minimum absolute atomic E-state index is 0. The minimum Gasteiger partial charge on any atom is -0.494 e. The van der Waals surface area contributed by atoms with Crippen LogP contribution in [0.2, 0.25) is 0 Å². The number of aryl methyl sites for hydroxylation is 1. The maximum absolute atomic E-state index is 5.80. The van der Waals surface area contributed by atoms with Gasteiger partial charge in [-0.1, -0.05) is 30.3 Å². The van der Waals surface area contributed by atoms with Crippen LogP contribution >= 0.6 is 12.4 Å². The second-order valence-corrected chi connectivity index (χ2v) is 5.90. The molecule has 3 aromatic rings. The summed E-state index contributed by atoms with van der Waals surface area (Å²) >= 11 is 0. The molecule has 0 atom stereocenters. The van der Waals surface area contributed by atoms with Crippen LogP contribution < -0.4 is 4.74 Å². The van der Waals surface area contributed by atoms with Crippen molar-refractivity contribution in [2.45, 2.75) is 31.7 Å². The van der Waals surface area contributed by atoms with Crippen molar-refractivity contribution in [3.63, 3.8) is 0 Å². The van der Waals surface area contributed by atoms with E-state index in [9.17, 15) is 0 Å². The smallest absolute Gasteiger partial charge is 0.119 e. The van der Waals surface area contributed by atoms with E-state index in [1.54, 1.807) is 0 Å². The van der Waals surface area contributed by atoms with Gasteiger partial charge < -0.3 is 9.30 Å². The van der Waals surface area contributed by atoms with Crippen molar-refractivity contribution in [2.75, 3.05) is 6.61 Å². The van der Waals surface area contributed by atoms with E-state index in [1.807, 2.05) is 30.3 Å². The highest BCUT2D eigenvalue weighted by molar-refractivity contribution is 5.85. The van der Waals surface area contributed by atoms with Crippen LogP contribution in [0.5, 0.6) is 5.75 Å². The first kappa shape index (κ1) is 15.9. The van der Waals surface area contributed by atoms with Gasteiger partial charge in [0.2, 0.25) is 0 Å². The number of hydrogen-bond donors (Lipinski definition) is 0.